The van der Waals surface area contributed by atoms with Crippen LogP contribution >= 0.6 is 0 Å². The van der Waals surface area contributed by atoms with Crippen LogP contribution in [-0.2, 0) is 6.42 Å². The number of hydrogen-bond acceptors (Lipinski definition) is 2. The molecule has 2 aromatic rings. The third-order valence-electron chi connectivity index (χ3n) is 3.44. The molecule has 0 amide bonds. The van der Waals surface area contributed by atoms with Gasteiger partial charge in [-0.3, -0.25) is 4.98 Å². The maximum absolute atomic E-state index is 4.54. The summed E-state index contributed by atoms with van der Waals surface area (Å²) in [7, 11) is 1.99. The van der Waals surface area contributed by atoms with Crippen LogP contribution in [0.4, 0.5) is 0 Å². The highest BCUT2D eigenvalue weighted by molar-refractivity contribution is 5.34. The van der Waals surface area contributed by atoms with Gasteiger partial charge in [-0.05, 0) is 43.1 Å². The van der Waals surface area contributed by atoms with E-state index in [1.165, 1.54) is 23.1 Å². The van der Waals surface area contributed by atoms with Crippen molar-refractivity contribution in [1.82, 2.24) is 10.3 Å². The Labute approximate surface area is 115 Å². The molecule has 0 saturated heterocycles. The van der Waals surface area contributed by atoms with Gasteiger partial charge < -0.3 is 5.32 Å². The van der Waals surface area contributed by atoms with Crippen molar-refractivity contribution in [3.05, 3.63) is 65.0 Å². The van der Waals surface area contributed by atoms with Crippen molar-refractivity contribution >= 4 is 0 Å². The number of aryl methyl sites for hydroxylation is 2. The summed E-state index contributed by atoms with van der Waals surface area (Å²) in [4.78, 5) is 4.54. The van der Waals surface area contributed by atoms with Gasteiger partial charge in [0.05, 0.1) is 11.7 Å². The van der Waals surface area contributed by atoms with Crippen LogP contribution in [0.1, 0.15) is 41.8 Å². The van der Waals surface area contributed by atoms with Crippen LogP contribution in [0.5, 0.6) is 0 Å². The van der Waals surface area contributed by atoms with Gasteiger partial charge in [0.25, 0.3) is 0 Å². The first-order valence-electron chi connectivity index (χ1n) is 6.94. The second-order valence-electron chi connectivity index (χ2n) is 4.92. The maximum atomic E-state index is 4.54. The van der Waals surface area contributed by atoms with E-state index in [1.54, 1.807) is 0 Å². The van der Waals surface area contributed by atoms with Gasteiger partial charge in [-0.25, -0.2) is 0 Å². The Bertz CT molecular complexity index is 534. The van der Waals surface area contributed by atoms with Crippen LogP contribution in [0.3, 0.4) is 0 Å². The van der Waals surface area contributed by atoms with E-state index in [9.17, 15) is 0 Å². The first kappa shape index (κ1) is 13.8. The highest BCUT2D eigenvalue weighted by Crippen LogP contribution is 2.23. The lowest BCUT2D eigenvalue weighted by Crippen LogP contribution is -2.20. The fraction of sp³-hybridized carbons (Fsp3) is 0.353. The van der Waals surface area contributed by atoms with Crippen molar-refractivity contribution in [1.29, 1.82) is 0 Å². The second kappa shape index (κ2) is 6.48. The molecule has 1 unspecified atom stereocenters. The van der Waals surface area contributed by atoms with E-state index in [-0.39, 0.29) is 6.04 Å². The molecule has 0 aliphatic carbocycles. The zero-order chi connectivity index (χ0) is 13.7. The summed E-state index contributed by atoms with van der Waals surface area (Å²) in [5.74, 6) is 0. The molecular formula is C17H22N2. The molecule has 2 rings (SSSR count). The summed E-state index contributed by atoms with van der Waals surface area (Å²) < 4.78 is 0. The van der Waals surface area contributed by atoms with E-state index in [2.05, 4.69) is 54.5 Å². The summed E-state index contributed by atoms with van der Waals surface area (Å²) >= 11 is 0. The SMILES string of the molecule is CCCc1cccc(C(NC)c2ncccc2C)c1. The van der Waals surface area contributed by atoms with Crippen molar-refractivity contribution in [2.45, 2.75) is 32.7 Å². The molecule has 1 aromatic heterocycles. The first-order chi connectivity index (χ1) is 9.26. The van der Waals surface area contributed by atoms with E-state index in [1.807, 2.05) is 19.3 Å². The minimum Gasteiger partial charge on any atom is -0.308 e. The van der Waals surface area contributed by atoms with E-state index < -0.39 is 0 Å². The summed E-state index contributed by atoms with van der Waals surface area (Å²) in [5, 5.41) is 3.38. The fourth-order valence-electron chi connectivity index (χ4n) is 2.48. The number of hydrogen-bond donors (Lipinski definition) is 1. The average Bonchev–Trinajstić information content (AvgIpc) is 2.43. The van der Waals surface area contributed by atoms with Gasteiger partial charge in [0.1, 0.15) is 0 Å². The van der Waals surface area contributed by atoms with Crippen LogP contribution in [0.2, 0.25) is 0 Å². The topological polar surface area (TPSA) is 24.9 Å². The van der Waals surface area contributed by atoms with Crippen LogP contribution in [-0.4, -0.2) is 12.0 Å². The standard InChI is InChI=1S/C17H22N2/c1-4-7-14-9-5-10-15(12-14)17(18-3)16-13(2)8-6-11-19-16/h5-6,8-12,17-18H,4,7H2,1-3H3. The van der Waals surface area contributed by atoms with Crippen molar-refractivity contribution in [2.24, 2.45) is 0 Å². The third-order valence-corrected chi connectivity index (χ3v) is 3.44. The average molecular weight is 254 g/mol. The van der Waals surface area contributed by atoms with Gasteiger partial charge in [0.2, 0.25) is 0 Å². The highest BCUT2D eigenvalue weighted by Gasteiger charge is 2.15. The predicted octanol–water partition coefficient (Wildman–Crippen LogP) is 3.65. The summed E-state index contributed by atoms with van der Waals surface area (Å²) in [6, 6.07) is 13.1. The molecule has 2 heteroatoms. The molecule has 0 bridgehead atoms. The minimum atomic E-state index is 0.165. The molecule has 1 atom stereocenters. The largest absolute Gasteiger partial charge is 0.308 e. The Hall–Kier alpha value is -1.67. The molecule has 1 N–H and O–H groups in total. The number of nitrogens with zero attached hydrogens (tertiary/aromatic N) is 1. The minimum absolute atomic E-state index is 0.165. The van der Waals surface area contributed by atoms with Gasteiger partial charge in [-0.15, -0.1) is 0 Å². The van der Waals surface area contributed by atoms with Crippen LogP contribution in [0, 0.1) is 6.92 Å². The molecule has 0 radical (unpaired) electrons. The predicted molar refractivity (Wildman–Crippen MR) is 80.3 cm³/mol. The fourth-order valence-corrected chi connectivity index (χ4v) is 2.48. The molecule has 19 heavy (non-hydrogen) atoms. The maximum Gasteiger partial charge on any atom is 0.0751 e. The van der Waals surface area contributed by atoms with Crippen molar-refractivity contribution in [3.8, 4) is 0 Å². The lowest BCUT2D eigenvalue weighted by molar-refractivity contribution is 0.664. The van der Waals surface area contributed by atoms with Gasteiger partial charge in [0.15, 0.2) is 0 Å². The smallest absolute Gasteiger partial charge is 0.0751 e. The lowest BCUT2D eigenvalue weighted by Gasteiger charge is -2.19. The normalized spacial score (nSPS) is 12.4. The molecule has 0 aliphatic heterocycles. The molecule has 0 aliphatic rings. The second-order valence-corrected chi connectivity index (χ2v) is 4.92. The monoisotopic (exact) mass is 254 g/mol. The Morgan fingerprint density at radius 3 is 2.74 bits per heavy atom. The molecule has 100 valence electrons. The molecule has 1 aromatic carbocycles. The number of pyridine rings is 1. The highest BCUT2D eigenvalue weighted by atomic mass is 14.9. The van der Waals surface area contributed by atoms with Crippen molar-refractivity contribution < 1.29 is 0 Å². The van der Waals surface area contributed by atoms with Crippen LogP contribution < -0.4 is 5.32 Å². The first-order valence-corrected chi connectivity index (χ1v) is 6.94. The zero-order valence-corrected chi connectivity index (χ0v) is 12.0. The van der Waals surface area contributed by atoms with E-state index in [0.717, 1.165) is 12.1 Å². The van der Waals surface area contributed by atoms with Crippen LogP contribution in [0.25, 0.3) is 0 Å². The number of nitrogens with one attached hydrogen (secondary N) is 1. The lowest BCUT2D eigenvalue weighted by atomic mass is 9.97. The third kappa shape index (κ3) is 3.21. The van der Waals surface area contributed by atoms with Crippen molar-refractivity contribution in [2.75, 3.05) is 7.05 Å². The zero-order valence-electron chi connectivity index (χ0n) is 12.0. The van der Waals surface area contributed by atoms with E-state index in [4.69, 9.17) is 0 Å². The van der Waals surface area contributed by atoms with Gasteiger partial charge in [0, 0.05) is 6.20 Å². The number of benzene rings is 1. The van der Waals surface area contributed by atoms with E-state index >= 15 is 0 Å². The quantitative estimate of drug-likeness (QED) is 0.881. The number of aromatic nitrogens is 1. The Balaban J connectivity index is 2.37. The molecule has 0 saturated carbocycles. The van der Waals surface area contributed by atoms with Gasteiger partial charge >= 0.3 is 0 Å². The number of rotatable bonds is 5. The molecule has 0 fully saturated rings. The summed E-state index contributed by atoms with van der Waals surface area (Å²) in [6.07, 6.45) is 4.17. The van der Waals surface area contributed by atoms with E-state index in [0.29, 0.717) is 0 Å². The van der Waals surface area contributed by atoms with Gasteiger partial charge in [-0.2, -0.15) is 0 Å². The molecule has 2 nitrogen and oxygen atoms in total. The van der Waals surface area contributed by atoms with Crippen molar-refractivity contribution in [3.63, 3.8) is 0 Å². The molecule has 0 spiro atoms. The Morgan fingerprint density at radius 1 is 1.21 bits per heavy atom. The van der Waals surface area contributed by atoms with Gasteiger partial charge in [-0.1, -0.05) is 43.7 Å². The molecule has 1 heterocycles. The Kier molecular flexibility index (Phi) is 4.69. The Morgan fingerprint density at radius 2 is 2.05 bits per heavy atom. The molecular weight excluding hydrogens is 232 g/mol. The summed E-state index contributed by atoms with van der Waals surface area (Å²) in [5.41, 5.74) is 5.02. The van der Waals surface area contributed by atoms with Crippen LogP contribution in [0.15, 0.2) is 42.6 Å². The summed E-state index contributed by atoms with van der Waals surface area (Å²) in [6.45, 7) is 4.33.